The first kappa shape index (κ1) is 33.3. The summed E-state index contributed by atoms with van der Waals surface area (Å²) >= 11 is 0. The van der Waals surface area contributed by atoms with E-state index in [1.807, 2.05) is 6.92 Å². The van der Waals surface area contributed by atoms with Gasteiger partial charge in [-0.2, -0.15) is 5.10 Å². The van der Waals surface area contributed by atoms with Crippen molar-refractivity contribution in [3.05, 3.63) is 102 Å². The van der Waals surface area contributed by atoms with Gasteiger partial charge >= 0.3 is 0 Å². The molecule has 0 radical (unpaired) electrons. The standard InChI is InChI=1S/C33H34N4O8S/c1-23-9-16-27(17-10-23)46(40,41)37(25-13-18-30(43-3)31(19-25)44-4)21-32(38)36-34-20-24-11-14-26(15-12-24)45-22-33(39)35-28-7-5-6-8-29(28)42-2/h5-20H,21-22H2,1-4H3,(H,35,39)(H,36,38)/b34-20+. The summed E-state index contributed by atoms with van der Waals surface area (Å²) in [6.07, 6.45) is 1.39. The number of benzene rings is 4. The molecule has 0 aliphatic rings. The Kier molecular flexibility index (Phi) is 11.2. The lowest BCUT2D eigenvalue weighted by Crippen LogP contribution is -2.39. The Morgan fingerprint density at radius 2 is 1.48 bits per heavy atom. The molecule has 4 aromatic rings. The first-order chi connectivity index (χ1) is 22.1. The van der Waals surface area contributed by atoms with E-state index in [4.69, 9.17) is 18.9 Å². The molecule has 2 N–H and O–H groups in total. The molecule has 13 heteroatoms. The summed E-state index contributed by atoms with van der Waals surface area (Å²) in [5.41, 5.74) is 4.62. The molecule has 0 saturated heterocycles. The van der Waals surface area contributed by atoms with E-state index in [0.717, 1.165) is 9.87 Å². The van der Waals surface area contributed by atoms with Crippen molar-refractivity contribution in [2.24, 2.45) is 5.10 Å². The molecule has 2 amide bonds. The number of methoxy groups -OCH3 is 3. The first-order valence-electron chi connectivity index (χ1n) is 13.9. The molecule has 0 atom stereocenters. The Labute approximate surface area is 267 Å². The molecule has 240 valence electrons. The maximum Gasteiger partial charge on any atom is 0.264 e. The fourth-order valence-corrected chi connectivity index (χ4v) is 5.62. The average Bonchev–Trinajstić information content (AvgIpc) is 3.07. The van der Waals surface area contributed by atoms with Gasteiger partial charge in [0.1, 0.15) is 18.0 Å². The number of aryl methyl sites for hydroxylation is 1. The van der Waals surface area contributed by atoms with Gasteiger partial charge in [0.05, 0.1) is 43.8 Å². The third-order valence-corrected chi connectivity index (χ3v) is 8.37. The Hall–Kier alpha value is -5.56. The van der Waals surface area contributed by atoms with Crippen LogP contribution in [0.3, 0.4) is 0 Å². The lowest BCUT2D eigenvalue weighted by atomic mass is 10.2. The minimum Gasteiger partial charge on any atom is -0.495 e. The lowest BCUT2D eigenvalue weighted by Gasteiger charge is -2.24. The lowest BCUT2D eigenvalue weighted by molar-refractivity contribution is -0.119. The number of para-hydroxylation sites is 2. The second-order valence-electron chi connectivity index (χ2n) is 9.76. The molecule has 46 heavy (non-hydrogen) atoms. The van der Waals surface area contributed by atoms with E-state index < -0.39 is 22.5 Å². The van der Waals surface area contributed by atoms with E-state index in [1.54, 1.807) is 66.7 Å². The highest BCUT2D eigenvalue weighted by atomic mass is 32.2. The van der Waals surface area contributed by atoms with Gasteiger partial charge in [-0.05, 0) is 73.2 Å². The van der Waals surface area contributed by atoms with Gasteiger partial charge < -0.3 is 24.3 Å². The van der Waals surface area contributed by atoms with E-state index in [-0.39, 0.29) is 23.1 Å². The minimum absolute atomic E-state index is 0.0174. The zero-order chi connectivity index (χ0) is 33.1. The Morgan fingerprint density at radius 1 is 0.804 bits per heavy atom. The maximum absolute atomic E-state index is 13.7. The Morgan fingerprint density at radius 3 is 2.15 bits per heavy atom. The second kappa shape index (κ2) is 15.4. The van der Waals surface area contributed by atoms with Crippen molar-refractivity contribution < 1.29 is 37.0 Å². The van der Waals surface area contributed by atoms with Crippen LogP contribution in [0.15, 0.2) is 101 Å². The summed E-state index contributed by atoms with van der Waals surface area (Å²) in [6, 6.07) is 24.6. The number of carbonyl (C=O) groups excluding carboxylic acids is 2. The largest absolute Gasteiger partial charge is 0.495 e. The predicted molar refractivity (Wildman–Crippen MR) is 175 cm³/mol. The number of anilines is 2. The topological polar surface area (TPSA) is 145 Å². The summed E-state index contributed by atoms with van der Waals surface area (Å²) in [6.45, 7) is 1.06. The summed E-state index contributed by atoms with van der Waals surface area (Å²) in [7, 11) is 0.265. The number of nitrogens with zero attached hydrogens (tertiary/aromatic N) is 2. The third kappa shape index (κ3) is 8.54. The highest BCUT2D eigenvalue weighted by Gasteiger charge is 2.28. The monoisotopic (exact) mass is 646 g/mol. The van der Waals surface area contributed by atoms with Crippen LogP contribution in [0.2, 0.25) is 0 Å². The normalized spacial score (nSPS) is 11.0. The van der Waals surface area contributed by atoms with Crippen LogP contribution in [0.1, 0.15) is 11.1 Å². The summed E-state index contributed by atoms with van der Waals surface area (Å²) in [5, 5.41) is 6.71. The summed E-state index contributed by atoms with van der Waals surface area (Å²) in [4.78, 5) is 25.3. The van der Waals surface area contributed by atoms with E-state index in [1.165, 1.54) is 51.8 Å². The third-order valence-electron chi connectivity index (χ3n) is 6.59. The molecule has 0 unspecified atom stereocenters. The van der Waals surface area contributed by atoms with Crippen LogP contribution in [-0.4, -0.2) is 60.9 Å². The van der Waals surface area contributed by atoms with Gasteiger partial charge in [-0.25, -0.2) is 13.8 Å². The highest BCUT2D eigenvalue weighted by molar-refractivity contribution is 7.92. The maximum atomic E-state index is 13.7. The quantitative estimate of drug-likeness (QED) is 0.152. The van der Waals surface area contributed by atoms with Crippen LogP contribution >= 0.6 is 0 Å². The molecule has 0 fully saturated rings. The molecule has 0 aliphatic carbocycles. The molecule has 0 bridgehead atoms. The van der Waals surface area contributed by atoms with Gasteiger partial charge in [-0.3, -0.25) is 13.9 Å². The van der Waals surface area contributed by atoms with Crippen molar-refractivity contribution in [3.8, 4) is 23.0 Å². The molecule has 0 heterocycles. The molecule has 0 spiro atoms. The van der Waals surface area contributed by atoms with Gasteiger partial charge in [0.2, 0.25) is 0 Å². The van der Waals surface area contributed by atoms with Gasteiger partial charge in [-0.1, -0.05) is 29.8 Å². The minimum atomic E-state index is -4.15. The van der Waals surface area contributed by atoms with Crippen molar-refractivity contribution in [2.75, 3.05) is 44.1 Å². The molecular weight excluding hydrogens is 612 g/mol. The number of nitrogens with one attached hydrogen (secondary N) is 2. The fourth-order valence-electron chi connectivity index (χ4n) is 4.21. The first-order valence-corrected chi connectivity index (χ1v) is 15.4. The van der Waals surface area contributed by atoms with Crippen molar-refractivity contribution >= 4 is 39.4 Å². The number of ether oxygens (including phenoxy) is 4. The van der Waals surface area contributed by atoms with Gasteiger partial charge in [0.15, 0.2) is 18.1 Å². The van der Waals surface area contributed by atoms with Crippen LogP contribution in [0.5, 0.6) is 23.0 Å². The number of sulfonamides is 1. The number of hydrazone groups is 1. The number of hydrogen-bond acceptors (Lipinski definition) is 9. The Balaban J connectivity index is 1.39. The van der Waals surface area contributed by atoms with E-state index in [0.29, 0.717) is 34.2 Å². The SMILES string of the molecule is COc1ccccc1NC(=O)COc1ccc(/C=N/NC(=O)CN(c2ccc(OC)c(OC)c2)S(=O)(=O)c2ccc(C)cc2)cc1. The number of rotatable bonds is 14. The van der Waals surface area contributed by atoms with E-state index >= 15 is 0 Å². The zero-order valence-electron chi connectivity index (χ0n) is 25.7. The smallest absolute Gasteiger partial charge is 0.264 e. The van der Waals surface area contributed by atoms with Gasteiger partial charge in [0, 0.05) is 6.07 Å². The number of amides is 2. The van der Waals surface area contributed by atoms with Crippen LogP contribution in [0.4, 0.5) is 11.4 Å². The van der Waals surface area contributed by atoms with E-state index in [2.05, 4.69) is 15.8 Å². The van der Waals surface area contributed by atoms with E-state index in [9.17, 15) is 18.0 Å². The number of hydrogen-bond donors (Lipinski definition) is 2. The van der Waals surface area contributed by atoms with Crippen molar-refractivity contribution in [1.29, 1.82) is 0 Å². The highest BCUT2D eigenvalue weighted by Crippen LogP contribution is 2.34. The average molecular weight is 647 g/mol. The number of carbonyl (C=O) groups is 2. The molecule has 4 rings (SSSR count). The predicted octanol–water partition coefficient (Wildman–Crippen LogP) is 4.38. The summed E-state index contributed by atoms with van der Waals surface area (Å²) in [5.74, 6) is 0.649. The molecule has 12 nitrogen and oxygen atoms in total. The molecule has 4 aromatic carbocycles. The van der Waals surface area contributed by atoms with Crippen molar-refractivity contribution in [1.82, 2.24) is 5.43 Å². The molecule has 0 aromatic heterocycles. The van der Waals surface area contributed by atoms with Gasteiger partial charge in [0.25, 0.3) is 21.8 Å². The molecule has 0 aliphatic heterocycles. The van der Waals surface area contributed by atoms with Crippen molar-refractivity contribution in [2.45, 2.75) is 11.8 Å². The Bertz CT molecular complexity index is 1790. The van der Waals surface area contributed by atoms with Gasteiger partial charge in [-0.15, -0.1) is 0 Å². The molecule has 0 saturated carbocycles. The fraction of sp³-hybridized carbons (Fsp3) is 0.182. The summed E-state index contributed by atoms with van der Waals surface area (Å²) < 4.78 is 49.7. The van der Waals surface area contributed by atoms with Crippen LogP contribution in [-0.2, 0) is 19.6 Å². The zero-order valence-corrected chi connectivity index (χ0v) is 26.5. The van der Waals surface area contributed by atoms with Crippen molar-refractivity contribution in [3.63, 3.8) is 0 Å². The second-order valence-corrected chi connectivity index (χ2v) is 11.6. The van der Waals surface area contributed by atoms with Crippen LogP contribution in [0.25, 0.3) is 0 Å². The molecular formula is C33H34N4O8S. The van der Waals surface area contributed by atoms with Crippen LogP contribution < -0.4 is 34.0 Å². The van der Waals surface area contributed by atoms with Crippen LogP contribution in [0, 0.1) is 6.92 Å².